The van der Waals surface area contributed by atoms with Crippen LogP contribution in [0.25, 0.3) is 0 Å². The molecule has 0 bridgehead atoms. The Labute approximate surface area is 117 Å². The van der Waals surface area contributed by atoms with E-state index in [-0.39, 0.29) is 5.82 Å². The molecule has 1 N–H and O–H groups in total. The van der Waals surface area contributed by atoms with E-state index in [1.165, 1.54) is 18.6 Å². The molecule has 0 amide bonds. The van der Waals surface area contributed by atoms with Crippen LogP contribution in [0, 0.1) is 11.7 Å². The Morgan fingerprint density at radius 3 is 2.61 bits per heavy atom. The minimum atomic E-state index is -0.605. The number of rotatable bonds is 3. The summed E-state index contributed by atoms with van der Waals surface area (Å²) in [7, 11) is 0. The maximum absolute atomic E-state index is 13.0. The van der Waals surface area contributed by atoms with Gasteiger partial charge in [0, 0.05) is 10.9 Å². The van der Waals surface area contributed by atoms with E-state index in [0.29, 0.717) is 6.42 Å². The zero-order valence-corrected chi connectivity index (χ0v) is 12.3. The normalized spacial score (nSPS) is 28.3. The second-order valence-corrected chi connectivity index (χ2v) is 6.34. The van der Waals surface area contributed by atoms with Crippen molar-refractivity contribution in [2.75, 3.05) is 0 Å². The van der Waals surface area contributed by atoms with Crippen LogP contribution in [-0.2, 0) is 6.42 Å². The highest BCUT2D eigenvalue weighted by molar-refractivity contribution is 9.10. The Hall–Kier alpha value is -0.410. The highest BCUT2D eigenvalue weighted by atomic mass is 79.9. The van der Waals surface area contributed by atoms with E-state index < -0.39 is 5.60 Å². The lowest BCUT2D eigenvalue weighted by molar-refractivity contribution is -0.00936. The van der Waals surface area contributed by atoms with Gasteiger partial charge in [-0.1, -0.05) is 35.3 Å². The van der Waals surface area contributed by atoms with Gasteiger partial charge in [-0.05, 0) is 49.3 Å². The molecule has 0 heterocycles. The Morgan fingerprint density at radius 2 is 2.06 bits per heavy atom. The number of halogens is 2. The zero-order valence-electron chi connectivity index (χ0n) is 10.8. The van der Waals surface area contributed by atoms with E-state index in [1.807, 2.05) is 0 Å². The quantitative estimate of drug-likeness (QED) is 0.873. The second-order valence-electron chi connectivity index (χ2n) is 5.49. The molecule has 0 saturated heterocycles. The molecule has 2 rings (SSSR count). The van der Waals surface area contributed by atoms with Gasteiger partial charge in [-0.2, -0.15) is 0 Å². The third kappa shape index (κ3) is 3.33. The molecule has 1 aliphatic carbocycles. The first-order valence-electron chi connectivity index (χ1n) is 6.69. The molecule has 1 nitrogen and oxygen atoms in total. The molecule has 1 aliphatic rings. The maximum Gasteiger partial charge on any atom is 0.124 e. The Kier molecular flexibility index (Phi) is 4.44. The Bertz CT molecular complexity index is 411. The summed E-state index contributed by atoms with van der Waals surface area (Å²) in [5, 5.41) is 10.6. The third-order valence-electron chi connectivity index (χ3n) is 4.15. The van der Waals surface area contributed by atoms with E-state index in [9.17, 15) is 9.50 Å². The van der Waals surface area contributed by atoms with Gasteiger partial charge >= 0.3 is 0 Å². The molecule has 100 valence electrons. The van der Waals surface area contributed by atoms with Crippen molar-refractivity contribution in [1.82, 2.24) is 0 Å². The average Bonchev–Trinajstić information content (AvgIpc) is 2.34. The van der Waals surface area contributed by atoms with Crippen LogP contribution >= 0.6 is 15.9 Å². The number of aliphatic hydroxyl groups is 1. The summed E-state index contributed by atoms with van der Waals surface area (Å²) in [6.07, 6.45) is 5.74. The van der Waals surface area contributed by atoms with Gasteiger partial charge in [-0.3, -0.25) is 0 Å². The topological polar surface area (TPSA) is 20.2 Å². The molecule has 0 unspecified atom stereocenters. The van der Waals surface area contributed by atoms with E-state index in [2.05, 4.69) is 22.9 Å². The lowest BCUT2D eigenvalue weighted by Crippen LogP contribution is -2.36. The standard InChI is InChI=1S/C15H20BrFO/c1-2-11-5-7-15(18,8-6-11)10-12-3-4-13(17)9-14(12)16/h3-4,9,11,18H,2,5-8,10H2,1H3. The van der Waals surface area contributed by atoms with Crippen molar-refractivity contribution < 1.29 is 9.50 Å². The van der Waals surface area contributed by atoms with Crippen LogP contribution in [0.5, 0.6) is 0 Å². The van der Waals surface area contributed by atoms with Crippen LogP contribution in [0.2, 0.25) is 0 Å². The third-order valence-corrected chi connectivity index (χ3v) is 4.89. The van der Waals surface area contributed by atoms with E-state index in [0.717, 1.165) is 41.6 Å². The molecule has 1 aromatic carbocycles. The van der Waals surface area contributed by atoms with E-state index in [1.54, 1.807) is 6.07 Å². The first kappa shape index (κ1) is 14.0. The fourth-order valence-electron chi connectivity index (χ4n) is 2.82. The first-order chi connectivity index (χ1) is 8.52. The van der Waals surface area contributed by atoms with E-state index >= 15 is 0 Å². The number of hydrogen-bond acceptors (Lipinski definition) is 1. The fraction of sp³-hybridized carbons (Fsp3) is 0.600. The minimum Gasteiger partial charge on any atom is -0.390 e. The van der Waals surface area contributed by atoms with E-state index in [4.69, 9.17) is 0 Å². The fourth-order valence-corrected chi connectivity index (χ4v) is 3.31. The monoisotopic (exact) mass is 314 g/mol. The van der Waals surface area contributed by atoms with Crippen LogP contribution in [-0.4, -0.2) is 10.7 Å². The van der Waals surface area contributed by atoms with Gasteiger partial charge in [0.2, 0.25) is 0 Å². The highest BCUT2D eigenvalue weighted by Gasteiger charge is 2.33. The van der Waals surface area contributed by atoms with Crippen molar-refractivity contribution in [1.29, 1.82) is 0 Å². The molecule has 1 saturated carbocycles. The van der Waals surface area contributed by atoms with Crippen molar-refractivity contribution in [3.05, 3.63) is 34.1 Å². The predicted octanol–water partition coefficient (Wildman–Crippen LogP) is 4.46. The molecule has 0 aliphatic heterocycles. The minimum absolute atomic E-state index is 0.243. The van der Waals surface area contributed by atoms with Gasteiger partial charge < -0.3 is 5.11 Å². The van der Waals surface area contributed by atoms with Crippen molar-refractivity contribution in [2.45, 2.75) is 51.0 Å². The number of hydrogen-bond donors (Lipinski definition) is 1. The van der Waals surface area contributed by atoms with Crippen molar-refractivity contribution >= 4 is 15.9 Å². The first-order valence-corrected chi connectivity index (χ1v) is 7.48. The summed E-state index contributed by atoms with van der Waals surface area (Å²) in [5.41, 5.74) is 0.389. The van der Waals surface area contributed by atoms with Crippen LogP contribution in [0.15, 0.2) is 22.7 Å². The van der Waals surface area contributed by atoms with Gasteiger partial charge in [0.1, 0.15) is 5.82 Å². The van der Waals surface area contributed by atoms with Gasteiger partial charge in [0.05, 0.1) is 5.60 Å². The molecular weight excluding hydrogens is 295 g/mol. The largest absolute Gasteiger partial charge is 0.390 e. The molecule has 0 radical (unpaired) electrons. The SMILES string of the molecule is CCC1CCC(O)(Cc2ccc(F)cc2Br)CC1. The van der Waals surface area contributed by atoms with Gasteiger partial charge in [-0.25, -0.2) is 4.39 Å². The van der Waals surface area contributed by atoms with Crippen molar-refractivity contribution in [2.24, 2.45) is 5.92 Å². The smallest absolute Gasteiger partial charge is 0.124 e. The van der Waals surface area contributed by atoms with Crippen LogP contribution in [0.4, 0.5) is 4.39 Å². The lowest BCUT2D eigenvalue weighted by atomic mass is 9.75. The highest BCUT2D eigenvalue weighted by Crippen LogP contribution is 2.36. The summed E-state index contributed by atoms with van der Waals surface area (Å²) < 4.78 is 13.8. The molecule has 18 heavy (non-hydrogen) atoms. The summed E-state index contributed by atoms with van der Waals surface area (Å²) >= 11 is 3.37. The summed E-state index contributed by atoms with van der Waals surface area (Å²) in [6.45, 7) is 2.21. The summed E-state index contributed by atoms with van der Waals surface area (Å²) in [6, 6.07) is 4.70. The van der Waals surface area contributed by atoms with Gasteiger partial charge in [-0.15, -0.1) is 0 Å². The Morgan fingerprint density at radius 1 is 1.39 bits per heavy atom. The molecule has 1 aromatic rings. The van der Waals surface area contributed by atoms with Crippen LogP contribution in [0.1, 0.15) is 44.6 Å². The second kappa shape index (κ2) is 5.70. The van der Waals surface area contributed by atoms with Crippen molar-refractivity contribution in [3.8, 4) is 0 Å². The molecule has 0 spiro atoms. The molecule has 0 aromatic heterocycles. The van der Waals surface area contributed by atoms with Gasteiger partial charge in [0.15, 0.2) is 0 Å². The average molecular weight is 315 g/mol. The number of benzene rings is 1. The summed E-state index contributed by atoms with van der Waals surface area (Å²) in [4.78, 5) is 0. The maximum atomic E-state index is 13.0. The lowest BCUT2D eigenvalue weighted by Gasteiger charge is -2.36. The van der Waals surface area contributed by atoms with Gasteiger partial charge in [0.25, 0.3) is 0 Å². The molecule has 0 atom stereocenters. The molecular formula is C15H20BrFO. The van der Waals surface area contributed by atoms with Crippen LogP contribution < -0.4 is 0 Å². The molecule has 3 heteroatoms. The molecule has 1 fully saturated rings. The Balaban J connectivity index is 2.04. The van der Waals surface area contributed by atoms with Crippen molar-refractivity contribution in [3.63, 3.8) is 0 Å². The zero-order chi connectivity index (χ0) is 13.2. The summed E-state index contributed by atoms with van der Waals surface area (Å²) in [5.74, 6) is 0.522. The van der Waals surface area contributed by atoms with Crippen LogP contribution in [0.3, 0.4) is 0 Å². The predicted molar refractivity (Wildman–Crippen MR) is 75.0 cm³/mol.